The number of hydrogen-bond acceptors (Lipinski definition) is 7. The van der Waals surface area contributed by atoms with Crippen molar-refractivity contribution in [1.29, 1.82) is 0 Å². The molecule has 1 N–H and O–H groups in total. The molecule has 0 aliphatic carbocycles. The molecule has 0 fully saturated rings. The lowest BCUT2D eigenvalue weighted by atomic mass is 10.1. The van der Waals surface area contributed by atoms with Gasteiger partial charge in [-0.3, -0.25) is 4.79 Å². The first-order chi connectivity index (χ1) is 16.4. The van der Waals surface area contributed by atoms with Crippen LogP contribution in [0.1, 0.15) is 38.6 Å². The van der Waals surface area contributed by atoms with Gasteiger partial charge in [0.05, 0.1) is 24.1 Å². The molecule has 0 unspecified atom stereocenters. The van der Waals surface area contributed by atoms with Crippen molar-refractivity contribution in [2.75, 3.05) is 13.7 Å². The third-order valence-electron chi connectivity index (χ3n) is 5.50. The Morgan fingerprint density at radius 1 is 1.06 bits per heavy atom. The van der Waals surface area contributed by atoms with Crippen LogP contribution in [-0.2, 0) is 13.0 Å². The van der Waals surface area contributed by atoms with Crippen LogP contribution in [0.3, 0.4) is 0 Å². The number of methoxy groups -OCH3 is 1. The fourth-order valence-corrected chi connectivity index (χ4v) is 3.44. The van der Waals surface area contributed by atoms with Gasteiger partial charge in [0.1, 0.15) is 18.6 Å². The third-order valence-corrected chi connectivity index (χ3v) is 5.50. The summed E-state index contributed by atoms with van der Waals surface area (Å²) in [5, 5.41) is 6.84. The van der Waals surface area contributed by atoms with Crippen LogP contribution in [0, 0.1) is 20.8 Å². The number of carbonyl (C=O) groups is 1. The molecule has 2 heterocycles. The minimum Gasteiger partial charge on any atom is -0.493 e. The van der Waals surface area contributed by atoms with Gasteiger partial charge in [0.15, 0.2) is 11.5 Å². The maximum absolute atomic E-state index is 12.6. The van der Waals surface area contributed by atoms with Crippen LogP contribution in [0.15, 0.2) is 57.7 Å². The molecule has 176 valence electrons. The molecule has 1 amide bonds. The first kappa shape index (κ1) is 23.1. The highest BCUT2D eigenvalue weighted by molar-refractivity contribution is 5.94. The molecule has 2 aromatic heterocycles. The van der Waals surface area contributed by atoms with Gasteiger partial charge in [0, 0.05) is 24.1 Å². The third kappa shape index (κ3) is 5.28. The minimum atomic E-state index is -0.210. The largest absolute Gasteiger partial charge is 0.493 e. The zero-order valence-electron chi connectivity index (χ0n) is 19.7. The summed E-state index contributed by atoms with van der Waals surface area (Å²) in [5.74, 6) is 2.07. The Balaban J connectivity index is 1.33. The Morgan fingerprint density at radius 3 is 2.56 bits per heavy atom. The second-order valence-corrected chi connectivity index (χ2v) is 7.97. The van der Waals surface area contributed by atoms with Gasteiger partial charge in [-0.25, -0.2) is 4.98 Å². The van der Waals surface area contributed by atoms with E-state index in [1.807, 2.05) is 45.0 Å². The lowest BCUT2D eigenvalue weighted by Crippen LogP contribution is -2.25. The van der Waals surface area contributed by atoms with E-state index in [0.29, 0.717) is 48.3 Å². The SMILES string of the molecule is COc1cc(C(=O)NCCc2coc(-c3ccc(C)cc3)n2)ccc1OCc1c(C)noc1C. The molecule has 0 saturated carbocycles. The van der Waals surface area contributed by atoms with Gasteiger partial charge in [-0.2, -0.15) is 0 Å². The summed E-state index contributed by atoms with van der Waals surface area (Å²) in [4.78, 5) is 17.1. The van der Waals surface area contributed by atoms with Crippen LogP contribution in [0.2, 0.25) is 0 Å². The van der Waals surface area contributed by atoms with Gasteiger partial charge < -0.3 is 23.7 Å². The summed E-state index contributed by atoms with van der Waals surface area (Å²) < 4.78 is 22.0. The summed E-state index contributed by atoms with van der Waals surface area (Å²) in [7, 11) is 1.54. The van der Waals surface area contributed by atoms with E-state index in [9.17, 15) is 4.79 Å². The Morgan fingerprint density at radius 2 is 1.85 bits per heavy atom. The fraction of sp³-hybridized carbons (Fsp3) is 0.269. The summed E-state index contributed by atoms with van der Waals surface area (Å²) in [6.45, 7) is 6.45. The molecule has 0 spiro atoms. The minimum absolute atomic E-state index is 0.210. The summed E-state index contributed by atoms with van der Waals surface area (Å²) >= 11 is 0. The highest BCUT2D eigenvalue weighted by Gasteiger charge is 2.14. The topological polar surface area (TPSA) is 99.6 Å². The fourth-order valence-electron chi connectivity index (χ4n) is 3.44. The van der Waals surface area contributed by atoms with Gasteiger partial charge in [-0.15, -0.1) is 0 Å². The summed E-state index contributed by atoms with van der Waals surface area (Å²) in [6.07, 6.45) is 2.17. The standard InChI is InChI=1S/C26H27N3O5/c1-16-5-7-19(8-6-16)26-28-21(14-33-26)11-12-27-25(30)20-9-10-23(24(13-20)31-4)32-15-22-17(2)29-34-18(22)3/h5-10,13-14H,11-12,15H2,1-4H3,(H,27,30). The quantitative estimate of drug-likeness (QED) is 0.382. The number of oxazole rings is 1. The van der Waals surface area contributed by atoms with Crippen molar-refractivity contribution in [3.05, 3.63) is 82.6 Å². The first-order valence-corrected chi connectivity index (χ1v) is 11.0. The average Bonchev–Trinajstić information content (AvgIpc) is 3.44. The Hall–Kier alpha value is -4.07. The van der Waals surface area contributed by atoms with Crippen LogP contribution in [0.25, 0.3) is 11.5 Å². The average molecular weight is 462 g/mol. The number of nitrogens with zero attached hydrogens (tertiary/aromatic N) is 2. The van der Waals surface area contributed by atoms with Crippen LogP contribution in [0.4, 0.5) is 0 Å². The zero-order chi connectivity index (χ0) is 24.1. The summed E-state index contributed by atoms with van der Waals surface area (Å²) in [6, 6.07) is 13.1. The number of hydrogen-bond donors (Lipinski definition) is 1. The van der Waals surface area contributed by atoms with E-state index in [1.165, 1.54) is 12.7 Å². The van der Waals surface area contributed by atoms with Gasteiger partial charge in [0.2, 0.25) is 5.89 Å². The lowest BCUT2D eigenvalue weighted by Gasteiger charge is -2.12. The molecule has 0 saturated heterocycles. The number of carbonyl (C=O) groups excluding carboxylic acids is 1. The second-order valence-electron chi connectivity index (χ2n) is 7.97. The van der Waals surface area contributed by atoms with Crippen molar-refractivity contribution in [1.82, 2.24) is 15.5 Å². The molecular formula is C26H27N3O5. The maximum atomic E-state index is 12.6. The van der Waals surface area contributed by atoms with Crippen molar-refractivity contribution < 1.29 is 23.2 Å². The molecule has 0 atom stereocenters. The van der Waals surface area contributed by atoms with E-state index < -0.39 is 0 Å². The van der Waals surface area contributed by atoms with E-state index in [2.05, 4.69) is 15.5 Å². The molecular weight excluding hydrogens is 434 g/mol. The van der Waals surface area contributed by atoms with E-state index in [-0.39, 0.29) is 5.91 Å². The zero-order valence-corrected chi connectivity index (χ0v) is 19.7. The van der Waals surface area contributed by atoms with Crippen LogP contribution >= 0.6 is 0 Å². The molecule has 0 bridgehead atoms. The molecule has 2 aromatic carbocycles. The number of rotatable bonds is 9. The number of aromatic nitrogens is 2. The monoisotopic (exact) mass is 461 g/mol. The normalized spacial score (nSPS) is 10.8. The van der Waals surface area contributed by atoms with Crippen molar-refractivity contribution in [2.45, 2.75) is 33.8 Å². The number of benzene rings is 2. The molecule has 4 rings (SSSR count). The van der Waals surface area contributed by atoms with Gasteiger partial charge in [-0.1, -0.05) is 22.9 Å². The Labute approximate surface area is 197 Å². The van der Waals surface area contributed by atoms with E-state index in [4.69, 9.17) is 18.4 Å². The van der Waals surface area contributed by atoms with Crippen molar-refractivity contribution >= 4 is 5.91 Å². The molecule has 8 nitrogen and oxygen atoms in total. The van der Waals surface area contributed by atoms with Crippen molar-refractivity contribution in [2.24, 2.45) is 0 Å². The molecule has 0 radical (unpaired) electrons. The lowest BCUT2D eigenvalue weighted by molar-refractivity contribution is 0.0953. The first-order valence-electron chi connectivity index (χ1n) is 11.0. The Kier molecular flexibility index (Phi) is 6.96. The van der Waals surface area contributed by atoms with Gasteiger partial charge in [-0.05, 0) is 51.1 Å². The van der Waals surface area contributed by atoms with Crippen LogP contribution < -0.4 is 14.8 Å². The summed E-state index contributed by atoms with van der Waals surface area (Å²) in [5.41, 5.74) is 5.02. The molecule has 8 heteroatoms. The number of amides is 1. The Bertz CT molecular complexity index is 1250. The molecule has 4 aromatic rings. The van der Waals surface area contributed by atoms with Crippen molar-refractivity contribution in [3.63, 3.8) is 0 Å². The van der Waals surface area contributed by atoms with Crippen molar-refractivity contribution in [3.8, 4) is 23.0 Å². The predicted octanol–water partition coefficient (Wildman–Crippen LogP) is 4.81. The molecule has 0 aliphatic rings. The number of ether oxygens (including phenoxy) is 2. The van der Waals surface area contributed by atoms with Crippen LogP contribution in [-0.4, -0.2) is 29.7 Å². The van der Waals surface area contributed by atoms with E-state index in [1.54, 1.807) is 24.5 Å². The molecule has 34 heavy (non-hydrogen) atoms. The smallest absolute Gasteiger partial charge is 0.251 e. The predicted molar refractivity (Wildman–Crippen MR) is 126 cm³/mol. The molecule has 0 aliphatic heterocycles. The number of nitrogens with one attached hydrogen (secondary N) is 1. The van der Waals surface area contributed by atoms with Crippen LogP contribution in [0.5, 0.6) is 11.5 Å². The second kappa shape index (κ2) is 10.2. The highest BCUT2D eigenvalue weighted by atomic mass is 16.5. The highest BCUT2D eigenvalue weighted by Crippen LogP contribution is 2.29. The van der Waals surface area contributed by atoms with Gasteiger partial charge in [0.25, 0.3) is 5.91 Å². The van der Waals surface area contributed by atoms with Gasteiger partial charge >= 0.3 is 0 Å². The van der Waals surface area contributed by atoms with E-state index >= 15 is 0 Å². The van der Waals surface area contributed by atoms with E-state index in [0.717, 1.165) is 22.5 Å². The number of aryl methyl sites for hydroxylation is 3. The maximum Gasteiger partial charge on any atom is 0.251 e.